The van der Waals surface area contributed by atoms with Gasteiger partial charge in [-0.25, -0.2) is 8.42 Å². The molecule has 0 fully saturated rings. The highest BCUT2D eigenvalue weighted by atomic mass is 32.2. The van der Waals surface area contributed by atoms with Crippen LogP contribution >= 0.6 is 0 Å². The number of benzene rings is 4. The number of hydrogen-bond donors (Lipinski definition) is 2. The number of nitrogens with one attached hydrogen (secondary N) is 2. The molecule has 9 nitrogen and oxygen atoms in total. The maximum atomic E-state index is 13.3. The lowest BCUT2D eigenvalue weighted by Crippen LogP contribution is -2.52. The zero-order valence-electron chi connectivity index (χ0n) is 23.0. The molecule has 10 heteroatoms. The molecule has 0 saturated carbocycles. The number of rotatable bonds is 10. The van der Waals surface area contributed by atoms with Crippen LogP contribution in [0.15, 0.2) is 108 Å². The van der Waals surface area contributed by atoms with Crippen molar-refractivity contribution >= 4 is 33.2 Å². The number of hydrogen-bond acceptors (Lipinski definition) is 6. The number of sulfonamides is 1. The first kappa shape index (κ1) is 28.7. The molecule has 2 amide bonds. The molecule has 0 saturated heterocycles. The molecule has 5 rings (SSSR count). The Kier molecular flexibility index (Phi) is 8.73. The number of carbonyl (C=O) groups excluding carboxylic acids is 2. The van der Waals surface area contributed by atoms with Gasteiger partial charge in [-0.15, -0.1) is 0 Å². The Labute approximate surface area is 245 Å². The van der Waals surface area contributed by atoms with Crippen molar-refractivity contribution in [3.05, 3.63) is 114 Å². The topological polar surface area (TPSA) is 114 Å². The minimum absolute atomic E-state index is 0.0259. The Balaban J connectivity index is 1.20. The summed E-state index contributed by atoms with van der Waals surface area (Å²) in [6, 6.07) is 29.8. The summed E-state index contributed by atoms with van der Waals surface area (Å²) in [4.78, 5) is 27.7. The first-order valence-electron chi connectivity index (χ1n) is 13.5. The summed E-state index contributed by atoms with van der Waals surface area (Å²) in [5, 5.41) is 2.90. The van der Waals surface area contributed by atoms with Gasteiger partial charge in [0.15, 0.2) is 12.7 Å². The third-order valence-corrected chi connectivity index (χ3v) is 8.19. The predicted octanol–water partition coefficient (Wildman–Crippen LogP) is 4.33. The summed E-state index contributed by atoms with van der Waals surface area (Å²) < 4.78 is 39.9. The van der Waals surface area contributed by atoms with Crippen LogP contribution in [0.1, 0.15) is 11.1 Å². The lowest BCUT2D eigenvalue weighted by molar-refractivity contribution is -0.128. The predicted molar refractivity (Wildman–Crippen MR) is 160 cm³/mol. The molecule has 1 heterocycles. The van der Waals surface area contributed by atoms with E-state index in [0.29, 0.717) is 35.8 Å². The van der Waals surface area contributed by atoms with Crippen LogP contribution in [0.25, 0.3) is 0 Å². The summed E-state index contributed by atoms with van der Waals surface area (Å²) in [6.07, 6.45) is -0.209. The Hall–Kier alpha value is -4.83. The van der Waals surface area contributed by atoms with E-state index in [1.165, 1.54) is 29.2 Å². The molecule has 1 aliphatic rings. The van der Waals surface area contributed by atoms with E-state index >= 15 is 0 Å². The van der Waals surface area contributed by atoms with E-state index in [-0.39, 0.29) is 29.9 Å². The minimum Gasteiger partial charge on any atom is -0.484 e. The van der Waals surface area contributed by atoms with Crippen LogP contribution in [0.5, 0.6) is 11.5 Å². The largest absolute Gasteiger partial charge is 0.484 e. The molecule has 1 atom stereocenters. The second-order valence-corrected chi connectivity index (χ2v) is 11.5. The SMILES string of the molecule is Cc1ccccc1NS(=O)(=O)c1ccc(OCC(=O)N2CC(C(=O)NCCc3ccccc3)Oc3ccccc32)cc1. The summed E-state index contributed by atoms with van der Waals surface area (Å²) in [5.74, 6) is 0.0759. The van der Waals surface area contributed by atoms with E-state index in [9.17, 15) is 18.0 Å². The van der Waals surface area contributed by atoms with Gasteiger partial charge in [-0.2, -0.15) is 0 Å². The maximum absolute atomic E-state index is 13.3. The average molecular weight is 586 g/mol. The summed E-state index contributed by atoms with van der Waals surface area (Å²) in [5.41, 5.74) is 2.95. The van der Waals surface area contributed by atoms with E-state index in [2.05, 4.69) is 10.0 Å². The highest BCUT2D eigenvalue weighted by Gasteiger charge is 2.33. The number of aryl methyl sites for hydroxylation is 1. The Morgan fingerprint density at radius 2 is 1.60 bits per heavy atom. The molecule has 0 radical (unpaired) electrons. The molecule has 0 aliphatic carbocycles. The van der Waals surface area contributed by atoms with Crippen molar-refractivity contribution in [1.82, 2.24) is 5.32 Å². The molecule has 1 unspecified atom stereocenters. The van der Waals surface area contributed by atoms with Crippen LogP contribution in [0.4, 0.5) is 11.4 Å². The number of para-hydroxylation sites is 3. The summed E-state index contributed by atoms with van der Waals surface area (Å²) in [7, 11) is -3.80. The van der Waals surface area contributed by atoms with Gasteiger partial charge in [-0.05, 0) is 66.9 Å². The Bertz CT molecular complexity index is 1660. The van der Waals surface area contributed by atoms with Gasteiger partial charge >= 0.3 is 0 Å². The number of anilines is 2. The van der Waals surface area contributed by atoms with Crippen LogP contribution in [0.3, 0.4) is 0 Å². The number of nitrogens with zero attached hydrogens (tertiary/aromatic N) is 1. The van der Waals surface area contributed by atoms with E-state index < -0.39 is 16.1 Å². The van der Waals surface area contributed by atoms with E-state index in [0.717, 1.165) is 11.1 Å². The van der Waals surface area contributed by atoms with Gasteiger partial charge in [0.2, 0.25) is 0 Å². The molecular formula is C32H31N3O6S. The average Bonchev–Trinajstić information content (AvgIpc) is 3.01. The second-order valence-electron chi connectivity index (χ2n) is 9.79. The Morgan fingerprint density at radius 1 is 0.905 bits per heavy atom. The van der Waals surface area contributed by atoms with Gasteiger partial charge in [0.05, 0.1) is 22.8 Å². The lowest BCUT2D eigenvalue weighted by Gasteiger charge is -2.34. The molecule has 0 bridgehead atoms. The number of fused-ring (bicyclic) bond motifs is 1. The van der Waals surface area contributed by atoms with Crippen LogP contribution < -0.4 is 24.4 Å². The molecule has 4 aromatic rings. The third-order valence-electron chi connectivity index (χ3n) is 6.81. The molecule has 42 heavy (non-hydrogen) atoms. The molecular weight excluding hydrogens is 554 g/mol. The monoisotopic (exact) mass is 585 g/mol. The Morgan fingerprint density at radius 3 is 2.36 bits per heavy atom. The lowest BCUT2D eigenvalue weighted by atomic mass is 10.1. The smallest absolute Gasteiger partial charge is 0.265 e. The highest BCUT2D eigenvalue weighted by Crippen LogP contribution is 2.33. The van der Waals surface area contributed by atoms with Crippen LogP contribution in [0, 0.1) is 6.92 Å². The molecule has 0 spiro atoms. The van der Waals surface area contributed by atoms with Crippen LogP contribution in [0.2, 0.25) is 0 Å². The van der Waals surface area contributed by atoms with E-state index in [4.69, 9.17) is 9.47 Å². The van der Waals surface area contributed by atoms with Crippen molar-refractivity contribution in [2.24, 2.45) is 0 Å². The fourth-order valence-electron chi connectivity index (χ4n) is 4.52. The zero-order chi connectivity index (χ0) is 29.5. The fraction of sp³-hybridized carbons (Fsp3) is 0.188. The first-order chi connectivity index (χ1) is 20.3. The molecule has 4 aromatic carbocycles. The first-order valence-corrected chi connectivity index (χ1v) is 15.0. The fourth-order valence-corrected chi connectivity index (χ4v) is 5.66. The van der Waals surface area contributed by atoms with Gasteiger partial charge in [-0.3, -0.25) is 14.3 Å². The van der Waals surface area contributed by atoms with Crippen molar-refractivity contribution in [1.29, 1.82) is 0 Å². The van der Waals surface area contributed by atoms with Gasteiger partial charge in [0.1, 0.15) is 11.5 Å². The molecule has 216 valence electrons. The number of amides is 2. The minimum atomic E-state index is -3.80. The van der Waals surface area contributed by atoms with Crippen LogP contribution in [-0.2, 0) is 26.0 Å². The van der Waals surface area contributed by atoms with Crippen molar-refractivity contribution in [3.63, 3.8) is 0 Å². The van der Waals surface area contributed by atoms with E-state index in [1.807, 2.05) is 49.4 Å². The van der Waals surface area contributed by atoms with Gasteiger partial charge in [0, 0.05) is 6.54 Å². The highest BCUT2D eigenvalue weighted by molar-refractivity contribution is 7.92. The zero-order valence-corrected chi connectivity index (χ0v) is 23.8. The van der Waals surface area contributed by atoms with Crippen molar-refractivity contribution in [2.75, 3.05) is 29.3 Å². The molecule has 1 aliphatic heterocycles. The summed E-state index contributed by atoms with van der Waals surface area (Å²) >= 11 is 0. The van der Waals surface area contributed by atoms with Crippen molar-refractivity contribution < 1.29 is 27.5 Å². The van der Waals surface area contributed by atoms with Gasteiger partial charge in [0.25, 0.3) is 21.8 Å². The van der Waals surface area contributed by atoms with Crippen LogP contribution in [-0.4, -0.2) is 46.0 Å². The number of carbonyl (C=O) groups is 2. The summed E-state index contributed by atoms with van der Waals surface area (Å²) in [6.45, 7) is 1.97. The third kappa shape index (κ3) is 6.90. The number of ether oxygens (including phenoxy) is 2. The quantitative estimate of drug-likeness (QED) is 0.287. The molecule has 2 N–H and O–H groups in total. The maximum Gasteiger partial charge on any atom is 0.265 e. The van der Waals surface area contributed by atoms with E-state index in [1.54, 1.807) is 36.4 Å². The second kappa shape index (κ2) is 12.8. The van der Waals surface area contributed by atoms with Crippen molar-refractivity contribution in [3.8, 4) is 11.5 Å². The van der Waals surface area contributed by atoms with Gasteiger partial charge < -0.3 is 19.7 Å². The normalized spacial score (nSPS) is 14.3. The molecule has 0 aromatic heterocycles. The standard InChI is InChI=1S/C32H31N3O6S/c1-23-9-5-6-12-27(23)34-42(38,39)26-17-15-25(16-18-26)40-22-31(36)35-21-30(41-29-14-8-7-13-28(29)35)32(37)33-20-19-24-10-3-2-4-11-24/h2-18,30,34H,19-22H2,1H3,(H,33,37). The van der Waals surface area contributed by atoms with Gasteiger partial charge in [-0.1, -0.05) is 60.7 Å². The van der Waals surface area contributed by atoms with Crippen molar-refractivity contribution in [2.45, 2.75) is 24.3 Å².